The maximum Gasteiger partial charge on any atom is 0.201 e. The predicted molar refractivity (Wildman–Crippen MR) is 134 cm³/mol. The van der Waals surface area contributed by atoms with Gasteiger partial charge in [-0.15, -0.1) is 0 Å². The zero-order chi connectivity index (χ0) is 23.9. The Labute approximate surface area is 204 Å². The lowest BCUT2D eigenvalue weighted by atomic mass is 9.78. The molecular formula is C30H40F2O2. The molecule has 0 aliphatic heterocycles. The number of hydrogen-bond acceptors (Lipinski definition) is 2. The summed E-state index contributed by atoms with van der Waals surface area (Å²) in [6.07, 6.45) is 13.1. The molecule has 2 aliphatic carbocycles. The highest BCUT2D eigenvalue weighted by Gasteiger charge is 2.26. The maximum atomic E-state index is 14.6. The molecule has 2 saturated carbocycles. The van der Waals surface area contributed by atoms with E-state index in [1.54, 1.807) is 13.0 Å². The van der Waals surface area contributed by atoms with Crippen LogP contribution in [0.5, 0.6) is 5.75 Å². The summed E-state index contributed by atoms with van der Waals surface area (Å²) in [6, 6.07) is 11.1. The van der Waals surface area contributed by atoms with Gasteiger partial charge in [-0.25, -0.2) is 4.39 Å². The van der Waals surface area contributed by atoms with E-state index >= 15 is 0 Å². The molecule has 4 heteroatoms. The number of hydrogen-bond donors (Lipinski definition) is 0. The van der Waals surface area contributed by atoms with Crippen LogP contribution in [-0.2, 0) is 4.74 Å². The van der Waals surface area contributed by atoms with E-state index in [1.807, 2.05) is 12.1 Å². The molecule has 0 amide bonds. The van der Waals surface area contributed by atoms with Gasteiger partial charge in [-0.05, 0) is 99.3 Å². The monoisotopic (exact) mass is 470 g/mol. The summed E-state index contributed by atoms with van der Waals surface area (Å²) in [4.78, 5) is 0. The predicted octanol–water partition coefficient (Wildman–Crippen LogP) is 8.68. The van der Waals surface area contributed by atoms with E-state index in [-0.39, 0.29) is 11.3 Å². The third-order valence-corrected chi connectivity index (χ3v) is 7.94. The summed E-state index contributed by atoms with van der Waals surface area (Å²) in [6.45, 7) is 5.26. The number of halogens is 2. The van der Waals surface area contributed by atoms with Crippen molar-refractivity contribution in [1.82, 2.24) is 0 Å². The maximum absolute atomic E-state index is 14.6. The highest BCUT2D eigenvalue weighted by atomic mass is 19.2. The second-order valence-electron chi connectivity index (χ2n) is 10.3. The Balaban J connectivity index is 1.26. The first kappa shape index (κ1) is 25.2. The molecule has 0 atom stereocenters. The van der Waals surface area contributed by atoms with E-state index in [1.165, 1.54) is 75.8 Å². The summed E-state index contributed by atoms with van der Waals surface area (Å²) < 4.78 is 40.3. The van der Waals surface area contributed by atoms with Gasteiger partial charge in [0.2, 0.25) is 5.82 Å². The highest BCUT2D eigenvalue weighted by Crippen LogP contribution is 2.38. The van der Waals surface area contributed by atoms with Crippen LogP contribution in [0.15, 0.2) is 36.4 Å². The van der Waals surface area contributed by atoms with Crippen LogP contribution in [0.2, 0.25) is 0 Å². The molecule has 34 heavy (non-hydrogen) atoms. The van der Waals surface area contributed by atoms with Crippen molar-refractivity contribution in [2.24, 2.45) is 11.8 Å². The Morgan fingerprint density at radius 1 is 0.765 bits per heavy atom. The summed E-state index contributed by atoms with van der Waals surface area (Å²) in [5.74, 6) is 0.333. The molecule has 0 spiro atoms. The minimum absolute atomic E-state index is 0.0368. The molecule has 0 unspecified atom stereocenters. The zero-order valence-corrected chi connectivity index (χ0v) is 20.8. The fraction of sp³-hybridized carbons (Fsp3) is 0.600. The standard InChI is InChI=1S/C30H40F2O2/c1-3-5-21-8-16-26(17-9-21)34-20-22-6-10-23(11-7-22)24-12-14-25(15-13-24)27-18-19-28(33-4-2)30(32)29(27)31/h12-15,18-19,21-23,26H,3-11,16-17,20H2,1-2H3. The van der Waals surface area contributed by atoms with Gasteiger partial charge in [0.25, 0.3) is 0 Å². The Morgan fingerprint density at radius 3 is 2.09 bits per heavy atom. The molecule has 2 aliphatic rings. The van der Waals surface area contributed by atoms with Crippen molar-refractivity contribution in [3.8, 4) is 16.9 Å². The summed E-state index contributed by atoms with van der Waals surface area (Å²) >= 11 is 0. The molecule has 2 nitrogen and oxygen atoms in total. The number of rotatable bonds is 9. The normalized spacial score (nSPS) is 25.3. The second kappa shape index (κ2) is 12.2. The van der Waals surface area contributed by atoms with E-state index < -0.39 is 11.6 Å². The minimum Gasteiger partial charge on any atom is -0.491 e. The molecular weight excluding hydrogens is 430 g/mol. The molecule has 0 aromatic heterocycles. The van der Waals surface area contributed by atoms with Gasteiger partial charge in [-0.3, -0.25) is 0 Å². The molecule has 0 N–H and O–H groups in total. The third-order valence-electron chi connectivity index (χ3n) is 7.94. The SMILES string of the molecule is CCCC1CCC(OCC2CCC(c3ccc(-c4ccc(OCC)c(F)c4F)cc3)CC2)CC1. The first-order valence-corrected chi connectivity index (χ1v) is 13.4. The Bertz CT molecular complexity index is 895. The van der Waals surface area contributed by atoms with Gasteiger partial charge >= 0.3 is 0 Å². The van der Waals surface area contributed by atoms with E-state index in [4.69, 9.17) is 9.47 Å². The van der Waals surface area contributed by atoms with Gasteiger partial charge < -0.3 is 9.47 Å². The topological polar surface area (TPSA) is 18.5 Å². The highest BCUT2D eigenvalue weighted by molar-refractivity contribution is 5.65. The third kappa shape index (κ3) is 6.19. The van der Waals surface area contributed by atoms with Crippen molar-refractivity contribution in [3.63, 3.8) is 0 Å². The van der Waals surface area contributed by atoms with Crippen molar-refractivity contribution >= 4 is 0 Å². The van der Waals surface area contributed by atoms with Crippen LogP contribution in [-0.4, -0.2) is 19.3 Å². The smallest absolute Gasteiger partial charge is 0.201 e. The van der Waals surface area contributed by atoms with E-state index in [9.17, 15) is 8.78 Å². The Hall–Kier alpha value is -1.94. The number of ether oxygens (including phenoxy) is 2. The lowest BCUT2D eigenvalue weighted by Crippen LogP contribution is -2.25. The van der Waals surface area contributed by atoms with Gasteiger partial charge in [-0.1, -0.05) is 44.0 Å². The van der Waals surface area contributed by atoms with Crippen LogP contribution >= 0.6 is 0 Å². The van der Waals surface area contributed by atoms with Crippen LogP contribution < -0.4 is 4.74 Å². The van der Waals surface area contributed by atoms with E-state index in [2.05, 4.69) is 19.1 Å². The van der Waals surface area contributed by atoms with Crippen LogP contribution in [0.4, 0.5) is 8.78 Å². The van der Waals surface area contributed by atoms with Gasteiger partial charge in [0, 0.05) is 12.2 Å². The molecule has 4 rings (SSSR count). The fourth-order valence-corrected chi connectivity index (χ4v) is 5.89. The number of benzene rings is 2. The largest absolute Gasteiger partial charge is 0.491 e. The van der Waals surface area contributed by atoms with Crippen LogP contribution in [0.1, 0.15) is 89.5 Å². The van der Waals surface area contributed by atoms with Crippen molar-refractivity contribution in [2.45, 2.75) is 90.1 Å². The van der Waals surface area contributed by atoms with Gasteiger partial charge in [0.15, 0.2) is 11.6 Å². The molecule has 186 valence electrons. The molecule has 2 aromatic carbocycles. The lowest BCUT2D eigenvalue weighted by Gasteiger charge is -2.32. The van der Waals surface area contributed by atoms with Gasteiger partial charge in [0.05, 0.1) is 12.7 Å². The van der Waals surface area contributed by atoms with Gasteiger partial charge in [0.1, 0.15) is 0 Å². The first-order valence-electron chi connectivity index (χ1n) is 13.4. The molecule has 0 heterocycles. The Morgan fingerprint density at radius 2 is 1.44 bits per heavy atom. The van der Waals surface area contributed by atoms with Crippen molar-refractivity contribution in [2.75, 3.05) is 13.2 Å². The van der Waals surface area contributed by atoms with Crippen LogP contribution in [0, 0.1) is 23.5 Å². The van der Waals surface area contributed by atoms with Crippen LogP contribution in [0.25, 0.3) is 11.1 Å². The van der Waals surface area contributed by atoms with Crippen molar-refractivity contribution < 1.29 is 18.3 Å². The average molecular weight is 471 g/mol. The Kier molecular flexibility index (Phi) is 8.99. The lowest BCUT2D eigenvalue weighted by molar-refractivity contribution is -0.00836. The van der Waals surface area contributed by atoms with E-state index in [0.717, 1.165) is 12.5 Å². The summed E-state index contributed by atoms with van der Waals surface area (Å²) in [7, 11) is 0. The second-order valence-corrected chi connectivity index (χ2v) is 10.3. The average Bonchev–Trinajstić information content (AvgIpc) is 2.87. The molecule has 2 fully saturated rings. The first-order chi connectivity index (χ1) is 16.6. The fourth-order valence-electron chi connectivity index (χ4n) is 5.89. The van der Waals surface area contributed by atoms with Gasteiger partial charge in [-0.2, -0.15) is 4.39 Å². The van der Waals surface area contributed by atoms with E-state index in [0.29, 0.717) is 30.1 Å². The summed E-state index contributed by atoms with van der Waals surface area (Å²) in [5.41, 5.74) is 2.26. The molecule has 0 saturated heterocycles. The molecule has 0 bridgehead atoms. The van der Waals surface area contributed by atoms with Crippen molar-refractivity contribution in [3.05, 3.63) is 53.6 Å². The van der Waals surface area contributed by atoms with Crippen molar-refractivity contribution in [1.29, 1.82) is 0 Å². The zero-order valence-electron chi connectivity index (χ0n) is 20.8. The molecule has 0 radical (unpaired) electrons. The summed E-state index contributed by atoms with van der Waals surface area (Å²) in [5, 5.41) is 0. The quantitative estimate of drug-likeness (QED) is 0.365. The molecule has 2 aromatic rings. The van der Waals surface area contributed by atoms with Crippen LogP contribution in [0.3, 0.4) is 0 Å². The minimum atomic E-state index is -0.919.